The average Bonchev–Trinajstić information content (AvgIpc) is 2.61. The van der Waals surface area contributed by atoms with Crippen molar-refractivity contribution < 1.29 is 14.2 Å². The maximum atomic E-state index is 6.10. The van der Waals surface area contributed by atoms with Crippen LogP contribution in [0.1, 0.15) is 5.56 Å². The number of hydrogen-bond donors (Lipinski definition) is 2. The molecule has 0 saturated carbocycles. The van der Waals surface area contributed by atoms with Crippen LogP contribution < -0.4 is 24.8 Å². The third kappa shape index (κ3) is 5.41. The summed E-state index contributed by atoms with van der Waals surface area (Å²) in [6.07, 6.45) is 0.797. The van der Waals surface area contributed by atoms with E-state index in [0.717, 1.165) is 17.7 Å². The van der Waals surface area contributed by atoms with Gasteiger partial charge in [0.1, 0.15) is 5.75 Å². The Morgan fingerprint density at radius 2 is 1.64 bits per heavy atom. The highest BCUT2D eigenvalue weighted by atomic mass is 35.5. The summed E-state index contributed by atoms with van der Waals surface area (Å²) in [7, 11) is 4.82. The second kappa shape index (κ2) is 9.34. The molecule has 0 bridgehead atoms. The summed E-state index contributed by atoms with van der Waals surface area (Å²) in [5.74, 6) is 2.06. The van der Waals surface area contributed by atoms with Crippen molar-refractivity contribution >= 4 is 34.6 Å². The Bertz CT molecular complexity index is 740. The van der Waals surface area contributed by atoms with Crippen molar-refractivity contribution in [3.8, 4) is 17.2 Å². The SMILES string of the molecule is COc1ccc(NC(=S)NCCc2ccc(OC)c(OC)c2)cc1Cl. The molecule has 0 heterocycles. The molecule has 0 unspecified atom stereocenters. The molecular formula is C18H21ClN2O3S. The lowest BCUT2D eigenvalue weighted by Gasteiger charge is -2.13. The lowest BCUT2D eigenvalue weighted by atomic mass is 10.1. The van der Waals surface area contributed by atoms with Gasteiger partial charge in [-0.15, -0.1) is 0 Å². The molecule has 0 aliphatic rings. The molecule has 25 heavy (non-hydrogen) atoms. The third-order valence-electron chi connectivity index (χ3n) is 3.56. The fourth-order valence-corrected chi connectivity index (χ4v) is 2.75. The first kappa shape index (κ1) is 19.1. The second-order valence-corrected chi connectivity index (χ2v) is 5.99. The van der Waals surface area contributed by atoms with Gasteiger partial charge in [0, 0.05) is 12.2 Å². The molecule has 2 aromatic rings. The van der Waals surface area contributed by atoms with Crippen molar-refractivity contribution in [2.75, 3.05) is 33.2 Å². The maximum absolute atomic E-state index is 6.10. The Labute approximate surface area is 158 Å². The predicted molar refractivity (Wildman–Crippen MR) is 105 cm³/mol. The number of halogens is 1. The Morgan fingerprint density at radius 1 is 0.960 bits per heavy atom. The first-order chi connectivity index (χ1) is 12.1. The van der Waals surface area contributed by atoms with Crippen molar-refractivity contribution in [3.05, 3.63) is 47.0 Å². The van der Waals surface area contributed by atoms with Crippen LogP contribution in [0.3, 0.4) is 0 Å². The lowest BCUT2D eigenvalue weighted by Crippen LogP contribution is -2.30. The summed E-state index contributed by atoms with van der Waals surface area (Å²) in [4.78, 5) is 0. The van der Waals surface area contributed by atoms with Gasteiger partial charge in [0.2, 0.25) is 0 Å². The highest BCUT2D eigenvalue weighted by Gasteiger charge is 2.06. The molecule has 134 valence electrons. The van der Waals surface area contributed by atoms with E-state index >= 15 is 0 Å². The number of anilines is 1. The predicted octanol–water partition coefficient (Wildman–Crippen LogP) is 3.89. The standard InChI is InChI=1S/C18H21ClN2O3S/c1-22-15-7-5-13(11-14(15)19)21-18(25)20-9-8-12-4-6-16(23-2)17(10-12)24-3/h4-7,10-11H,8-9H2,1-3H3,(H2,20,21,25). The van der Waals surface area contributed by atoms with E-state index in [-0.39, 0.29) is 0 Å². The number of rotatable bonds is 7. The number of thiocarbonyl (C=S) groups is 1. The molecular weight excluding hydrogens is 360 g/mol. The molecule has 5 nitrogen and oxygen atoms in total. The van der Waals surface area contributed by atoms with Crippen LogP contribution in [0.25, 0.3) is 0 Å². The topological polar surface area (TPSA) is 51.8 Å². The summed E-state index contributed by atoms with van der Waals surface area (Å²) in [5.41, 5.74) is 1.93. The highest BCUT2D eigenvalue weighted by molar-refractivity contribution is 7.80. The summed E-state index contributed by atoms with van der Waals surface area (Å²) >= 11 is 11.4. The van der Waals surface area contributed by atoms with Gasteiger partial charge in [0.25, 0.3) is 0 Å². The largest absolute Gasteiger partial charge is 0.495 e. The number of hydrogen-bond acceptors (Lipinski definition) is 4. The van der Waals surface area contributed by atoms with Crippen molar-refractivity contribution in [3.63, 3.8) is 0 Å². The van der Waals surface area contributed by atoms with Crippen LogP contribution in [-0.4, -0.2) is 33.0 Å². The van der Waals surface area contributed by atoms with E-state index in [4.69, 9.17) is 38.0 Å². The molecule has 0 spiro atoms. The number of methoxy groups -OCH3 is 3. The molecule has 0 saturated heterocycles. The van der Waals surface area contributed by atoms with Crippen molar-refractivity contribution in [2.45, 2.75) is 6.42 Å². The zero-order valence-electron chi connectivity index (χ0n) is 14.4. The van der Waals surface area contributed by atoms with Gasteiger partial charge in [0.05, 0.1) is 26.4 Å². The minimum Gasteiger partial charge on any atom is -0.495 e. The van der Waals surface area contributed by atoms with Gasteiger partial charge in [-0.25, -0.2) is 0 Å². The Morgan fingerprint density at radius 3 is 2.28 bits per heavy atom. The molecule has 0 atom stereocenters. The van der Waals surface area contributed by atoms with Crippen LogP contribution in [0.2, 0.25) is 5.02 Å². The van der Waals surface area contributed by atoms with Crippen LogP contribution in [-0.2, 0) is 6.42 Å². The molecule has 0 aliphatic carbocycles. The lowest BCUT2D eigenvalue weighted by molar-refractivity contribution is 0.354. The summed E-state index contributed by atoms with van der Waals surface area (Å²) in [5, 5.41) is 7.32. The van der Waals surface area contributed by atoms with Crippen LogP contribution in [0, 0.1) is 0 Å². The Kier molecular flexibility index (Phi) is 7.16. The smallest absolute Gasteiger partial charge is 0.170 e. The van der Waals surface area contributed by atoms with Crippen molar-refractivity contribution in [1.82, 2.24) is 5.32 Å². The Balaban J connectivity index is 1.85. The van der Waals surface area contributed by atoms with E-state index in [9.17, 15) is 0 Å². The van der Waals surface area contributed by atoms with E-state index in [1.54, 1.807) is 33.5 Å². The summed E-state index contributed by atoms with van der Waals surface area (Å²) in [6.45, 7) is 0.686. The molecule has 0 aliphatic heterocycles. The van der Waals surface area contributed by atoms with Gasteiger partial charge >= 0.3 is 0 Å². The zero-order valence-corrected chi connectivity index (χ0v) is 16.0. The fraction of sp³-hybridized carbons (Fsp3) is 0.278. The number of nitrogens with one attached hydrogen (secondary N) is 2. The first-order valence-electron chi connectivity index (χ1n) is 7.66. The Hall–Kier alpha value is -2.18. The van der Waals surface area contributed by atoms with Gasteiger partial charge < -0.3 is 24.8 Å². The van der Waals surface area contributed by atoms with Gasteiger partial charge in [-0.1, -0.05) is 17.7 Å². The molecule has 0 fully saturated rings. The number of benzene rings is 2. The van der Waals surface area contributed by atoms with E-state index in [1.807, 2.05) is 24.3 Å². The second-order valence-electron chi connectivity index (χ2n) is 5.17. The zero-order chi connectivity index (χ0) is 18.2. The van der Waals surface area contributed by atoms with E-state index in [1.165, 1.54) is 0 Å². The molecule has 2 aromatic carbocycles. The maximum Gasteiger partial charge on any atom is 0.170 e. The first-order valence-corrected chi connectivity index (χ1v) is 8.45. The van der Waals surface area contributed by atoms with Crippen LogP contribution in [0.4, 0.5) is 5.69 Å². The minimum atomic E-state index is 0.528. The molecule has 2 rings (SSSR count). The van der Waals surface area contributed by atoms with Crippen LogP contribution >= 0.6 is 23.8 Å². The average molecular weight is 381 g/mol. The van der Waals surface area contributed by atoms with Crippen LogP contribution in [0.5, 0.6) is 17.2 Å². The third-order valence-corrected chi connectivity index (χ3v) is 4.10. The van der Waals surface area contributed by atoms with Crippen LogP contribution in [0.15, 0.2) is 36.4 Å². The van der Waals surface area contributed by atoms with Gasteiger partial charge in [-0.3, -0.25) is 0 Å². The molecule has 2 N–H and O–H groups in total. The molecule has 0 radical (unpaired) electrons. The van der Waals surface area contributed by atoms with E-state index < -0.39 is 0 Å². The van der Waals surface area contributed by atoms with Gasteiger partial charge in [-0.2, -0.15) is 0 Å². The monoisotopic (exact) mass is 380 g/mol. The quantitative estimate of drug-likeness (QED) is 0.710. The van der Waals surface area contributed by atoms with Gasteiger partial charge in [-0.05, 0) is 54.5 Å². The normalized spacial score (nSPS) is 10.1. The molecule has 7 heteroatoms. The van der Waals surface area contributed by atoms with Crippen molar-refractivity contribution in [2.24, 2.45) is 0 Å². The summed E-state index contributed by atoms with van der Waals surface area (Å²) in [6, 6.07) is 11.3. The van der Waals surface area contributed by atoms with Gasteiger partial charge in [0.15, 0.2) is 16.6 Å². The minimum absolute atomic E-state index is 0.528. The highest BCUT2D eigenvalue weighted by Crippen LogP contribution is 2.28. The van der Waals surface area contributed by atoms with E-state index in [0.29, 0.717) is 33.9 Å². The molecule has 0 aromatic heterocycles. The summed E-state index contributed by atoms with van der Waals surface area (Å²) < 4.78 is 15.7. The number of ether oxygens (including phenoxy) is 3. The fourth-order valence-electron chi connectivity index (χ4n) is 2.28. The van der Waals surface area contributed by atoms with Crippen molar-refractivity contribution in [1.29, 1.82) is 0 Å². The van der Waals surface area contributed by atoms with E-state index in [2.05, 4.69) is 10.6 Å². The molecule has 0 amide bonds.